The summed E-state index contributed by atoms with van der Waals surface area (Å²) >= 11 is 2.51. The van der Waals surface area contributed by atoms with Crippen LogP contribution in [-0.4, -0.2) is 9.52 Å². The van der Waals surface area contributed by atoms with Gasteiger partial charge in [0.2, 0.25) is 0 Å². The first-order valence-corrected chi connectivity index (χ1v) is 7.78. The number of hydrogen-bond donors (Lipinski definition) is 0. The summed E-state index contributed by atoms with van der Waals surface area (Å²) < 4.78 is 1.58. The van der Waals surface area contributed by atoms with Crippen LogP contribution in [0.15, 0.2) is 50.6 Å². The van der Waals surface area contributed by atoms with E-state index in [1.807, 2.05) is 0 Å². The number of allylic oxidation sites excluding steroid dienone is 4. The van der Waals surface area contributed by atoms with Crippen molar-refractivity contribution >= 4 is 14.7 Å². The molecule has 0 saturated heterocycles. The zero-order valence-corrected chi connectivity index (χ0v) is 12.8. The van der Waals surface area contributed by atoms with Gasteiger partial charge in [-0.15, -0.1) is 0 Å². The predicted molar refractivity (Wildman–Crippen MR) is 64.6 cm³/mol. The minimum absolute atomic E-state index is 0.247. The third-order valence-electron chi connectivity index (χ3n) is 3.03. The van der Waals surface area contributed by atoms with Crippen LogP contribution >= 0.6 is 0 Å². The molecule has 0 aromatic heterocycles. The van der Waals surface area contributed by atoms with Crippen LogP contribution in [0.5, 0.6) is 0 Å². The average molecular weight is 394 g/mol. The first-order chi connectivity index (χ1) is 7.18. The van der Waals surface area contributed by atoms with Crippen molar-refractivity contribution in [2.75, 3.05) is 0 Å². The second-order valence-electron chi connectivity index (χ2n) is 4.09. The van der Waals surface area contributed by atoms with E-state index in [1.165, 1.54) is 6.42 Å². The van der Waals surface area contributed by atoms with Crippen LogP contribution in [-0.2, 0) is 19.8 Å². The molecule has 15 heavy (non-hydrogen) atoms. The number of hydrogen-bond acceptors (Lipinski definition) is 0. The van der Waals surface area contributed by atoms with E-state index in [1.54, 1.807) is 25.5 Å². The summed E-state index contributed by atoms with van der Waals surface area (Å²) in [6.07, 6.45) is 1.20. The maximum atomic E-state index is 2.51. The molecular formula is C13H15PtSi. The van der Waals surface area contributed by atoms with E-state index in [4.69, 9.17) is 0 Å². The number of rotatable bonds is 2. The molecule has 0 spiro atoms. The summed E-state index contributed by atoms with van der Waals surface area (Å²) in [5, 5.41) is 3.23. The topological polar surface area (TPSA) is 0 Å². The van der Waals surface area contributed by atoms with E-state index >= 15 is 0 Å². The molecule has 2 heteroatoms. The van der Waals surface area contributed by atoms with Crippen LogP contribution in [0.3, 0.4) is 0 Å². The molecule has 81 valence electrons. The third-order valence-corrected chi connectivity index (χ3v) is 7.05. The van der Waals surface area contributed by atoms with E-state index in [-0.39, 0.29) is 9.52 Å². The van der Waals surface area contributed by atoms with Crippen molar-refractivity contribution in [3.8, 4) is 0 Å². The van der Waals surface area contributed by atoms with Crippen molar-refractivity contribution < 1.29 is 19.8 Å². The van der Waals surface area contributed by atoms with Gasteiger partial charge in [0.05, 0.1) is 0 Å². The fourth-order valence-corrected chi connectivity index (χ4v) is 5.35. The van der Waals surface area contributed by atoms with Gasteiger partial charge in [-0.1, -0.05) is 0 Å². The van der Waals surface area contributed by atoms with Crippen LogP contribution in [0.25, 0.3) is 0 Å². The Labute approximate surface area is 105 Å². The Morgan fingerprint density at radius 2 is 1.80 bits per heavy atom. The zero-order chi connectivity index (χ0) is 10.8. The van der Waals surface area contributed by atoms with E-state index in [0.29, 0.717) is 0 Å². The van der Waals surface area contributed by atoms with Gasteiger partial charge >= 0.3 is 105 Å². The Balaban J connectivity index is 2.24. The average Bonchev–Trinajstić information content (AvgIpc) is 2.47. The fourth-order valence-electron chi connectivity index (χ4n) is 1.93. The zero-order valence-electron chi connectivity index (χ0n) is 9.12. The molecule has 1 aliphatic carbocycles. The quantitative estimate of drug-likeness (QED) is 0.673. The monoisotopic (exact) mass is 394 g/mol. The van der Waals surface area contributed by atoms with Gasteiger partial charge in [-0.05, 0) is 0 Å². The Hall–Kier alpha value is -0.395. The Morgan fingerprint density at radius 3 is 2.33 bits per heavy atom. The van der Waals surface area contributed by atoms with Crippen molar-refractivity contribution in [3.05, 3.63) is 50.6 Å². The molecule has 0 N–H and O–H groups in total. The molecule has 1 aromatic rings. The molecule has 0 bridgehead atoms. The van der Waals surface area contributed by atoms with Crippen molar-refractivity contribution in [1.29, 1.82) is 0 Å². The molecule has 0 amide bonds. The fraction of sp³-hybridized carbons (Fsp3) is 0.231. The molecule has 0 atom stereocenters. The number of benzene rings is 1. The van der Waals surface area contributed by atoms with Crippen LogP contribution in [0, 0.1) is 0 Å². The van der Waals surface area contributed by atoms with E-state index < -0.39 is 0 Å². The van der Waals surface area contributed by atoms with Crippen LogP contribution in [0.2, 0.25) is 0 Å². The molecule has 0 unspecified atom stereocenters. The Kier molecular flexibility index (Phi) is 3.43. The third kappa shape index (κ3) is 2.40. The van der Waals surface area contributed by atoms with Crippen molar-refractivity contribution in [1.82, 2.24) is 0 Å². The Morgan fingerprint density at radius 1 is 1.13 bits per heavy atom. The molecule has 0 aliphatic heterocycles. The molecule has 1 aliphatic rings. The summed E-state index contributed by atoms with van der Waals surface area (Å²) in [6, 6.07) is 10.9. The second kappa shape index (κ2) is 4.63. The Bertz CT molecular complexity index is 429. The molecule has 1 aromatic carbocycles. The summed E-state index contributed by atoms with van der Waals surface area (Å²) in [6.45, 7) is 4.55. The summed E-state index contributed by atoms with van der Waals surface area (Å²) in [4.78, 5) is 0. The van der Waals surface area contributed by atoms with Crippen LogP contribution in [0.1, 0.15) is 20.3 Å². The summed E-state index contributed by atoms with van der Waals surface area (Å²) in [5.41, 5.74) is 3.13. The van der Waals surface area contributed by atoms with Gasteiger partial charge in [0.25, 0.3) is 0 Å². The van der Waals surface area contributed by atoms with Crippen LogP contribution < -0.4 is 5.19 Å². The van der Waals surface area contributed by atoms with Gasteiger partial charge in [-0.3, -0.25) is 0 Å². The summed E-state index contributed by atoms with van der Waals surface area (Å²) in [5.74, 6) is 0. The van der Waals surface area contributed by atoms with Gasteiger partial charge in [0, 0.05) is 0 Å². The van der Waals surface area contributed by atoms with Gasteiger partial charge < -0.3 is 0 Å². The van der Waals surface area contributed by atoms with Gasteiger partial charge in [0.1, 0.15) is 0 Å². The minimum atomic E-state index is -0.247. The van der Waals surface area contributed by atoms with Crippen LogP contribution in [0.4, 0.5) is 0 Å². The molecular weight excluding hydrogens is 379 g/mol. The molecule has 0 saturated carbocycles. The van der Waals surface area contributed by atoms with Crippen molar-refractivity contribution in [2.45, 2.75) is 20.3 Å². The molecule has 0 radical (unpaired) electrons. The maximum absolute atomic E-state index is 2.51. The van der Waals surface area contributed by atoms with Crippen molar-refractivity contribution in [2.24, 2.45) is 0 Å². The van der Waals surface area contributed by atoms with E-state index in [2.05, 4.69) is 64.0 Å². The SMILES string of the molecule is CC1=C(C)C([SiH2]c2ccccc2)=[C]([Pt])C1. The first kappa shape index (κ1) is 11.1. The molecule has 0 fully saturated rings. The molecule has 0 heterocycles. The standard InChI is InChI=1S/C13H15Si.Pt/c1-10-8-9-13(11(10)2)14-12-6-4-3-5-7-12;/h3-7H,8,14H2,1-2H3;. The molecule has 0 nitrogen and oxygen atoms in total. The summed E-state index contributed by atoms with van der Waals surface area (Å²) in [7, 11) is -0.247. The van der Waals surface area contributed by atoms with E-state index in [0.717, 1.165) is 0 Å². The van der Waals surface area contributed by atoms with Gasteiger partial charge in [0.15, 0.2) is 0 Å². The second-order valence-corrected chi connectivity index (χ2v) is 7.34. The normalized spacial score (nSPS) is 17.3. The van der Waals surface area contributed by atoms with Gasteiger partial charge in [-0.25, -0.2) is 0 Å². The first-order valence-electron chi connectivity index (χ1n) is 5.23. The molecule has 2 rings (SSSR count). The van der Waals surface area contributed by atoms with Crippen molar-refractivity contribution in [3.63, 3.8) is 0 Å². The predicted octanol–water partition coefficient (Wildman–Crippen LogP) is 1.98. The van der Waals surface area contributed by atoms with Gasteiger partial charge in [-0.2, -0.15) is 0 Å². The van der Waals surface area contributed by atoms with E-state index in [9.17, 15) is 0 Å².